The standard InChI is InChI=1S/C23H29N3O4S/c1-5-14-25-17-23(24-18(25)2)31(27,28)26(15-19-6-10-21(29-3)11-7-19)16-20-8-12-22(30-4)13-9-20/h6-13,17H,5,14-16H2,1-4H3. The predicted octanol–water partition coefficient (Wildman–Crippen LogP) is 4.01. The van der Waals surface area contributed by atoms with Gasteiger partial charge in [-0.1, -0.05) is 31.2 Å². The fourth-order valence-corrected chi connectivity index (χ4v) is 4.71. The van der Waals surface area contributed by atoms with E-state index in [0.29, 0.717) is 5.82 Å². The lowest BCUT2D eigenvalue weighted by atomic mass is 10.2. The Kier molecular flexibility index (Phi) is 7.35. The highest BCUT2D eigenvalue weighted by molar-refractivity contribution is 7.89. The molecule has 0 unspecified atom stereocenters. The van der Waals surface area contributed by atoms with Crippen molar-refractivity contribution in [2.24, 2.45) is 0 Å². The van der Waals surface area contributed by atoms with Crippen LogP contribution in [-0.2, 0) is 29.7 Å². The van der Waals surface area contributed by atoms with E-state index in [1.54, 1.807) is 20.4 Å². The summed E-state index contributed by atoms with van der Waals surface area (Å²) in [4.78, 5) is 4.35. The van der Waals surface area contributed by atoms with E-state index in [-0.39, 0.29) is 18.1 Å². The highest BCUT2D eigenvalue weighted by Gasteiger charge is 2.28. The molecule has 31 heavy (non-hydrogen) atoms. The third-order valence-corrected chi connectivity index (χ3v) is 6.72. The second-order valence-electron chi connectivity index (χ2n) is 7.29. The average molecular weight is 444 g/mol. The minimum atomic E-state index is -3.81. The van der Waals surface area contributed by atoms with Gasteiger partial charge >= 0.3 is 0 Å². The average Bonchev–Trinajstić information content (AvgIpc) is 3.15. The Morgan fingerprint density at radius 2 is 1.39 bits per heavy atom. The number of hydrogen-bond donors (Lipinski definition) is 0. The molecule has 1 heterocycles. The predicted molar refractivity (Wildman–Crippen MR) is 120 cm³/mol. The van der Waals surface area contributed by atoms with Gasteiger partial charge in [-0.2, -0.15) is 4.31 Å². The van der Waals surface area contributed by atoms with Crippen molar-refractivity contribution in [1.82, 2.24) is 13.9 Å². The smallest absolute Gasteiger partial charge is 0.262 e. The maximum atomic E-state index is 13.6. The lowest BCUT2D eigenvalue weighted by Gasteiger charge is -2.21. The molecule has 0 aliphatic rings. The van der Waals surface area contributed by atoms with Crippen molar-refractivity contribution in [1.29, 1.82) is 0 Å². The van der Waals surface area contributed by atoms with E-state index in [1.807, 2.05) is 66.9 Å². The molecule has 8 heteroatoms. The van der Waals surface area contributed by atoms with Crippen molar-refractivity contribution in [3.8, 4) is 11.5 Å². The summed E-state index contributed by atoms with van der Waals surface area (Å²) in [7, 11) is -0.607. The van der Waals surface area contributed by atoms with Crippen LogP contribution in [-0.4, -0.2) is 36.5 Å². The van der Waals surface area contributed by atoms with E-state index < -0.39 is 10.0 Å². The first-order chi connectivity index (χ1) is 14.9. The minimum absolute atomic E-state index is 0.0699. The molecule has 0 bridgehead atoms. The fourth-order valence-electron chi connectivity index (χ4n) is 3.30. The Morgan fingerprint density at radius 1 is 0.903 bits per heavy atom. The Morgan fingerprint density at radius 3 is 1.81 bits per heavy atom. The second kappa shape index (κ2) is 9.98. The number of benzene rings is 2. The van der Waals surface area contributed by atoms with Gasteiger partial charge in [0.2, 0.25) is 0 Å². The van der Waals surface area contributed by atoms with Gasteiger partial charge in [-0.15, -0.1) is 0 Å². The number of sulfonamides is 1. The molecule has 0 aliphatic heterocycles. The van der Waals surface area contributed by atoms with Gasteiger partial charge in [-0.3, -0.25) is 0 Å². The van der Waals surface area contributed by atoms with E-state index in [2.05, 4.69) is 4.98 Å². The van der Waals surface area contributed by atoms with Crippen molar-refractivity contribution in [2.45, 2.75) is 44.9 Å². The highest BCUT2D eigenvalue weighted by Crippen LogP contribution is 2.23. The molecule has 0 saturated heterocycles. The van der Waals surface area contributed by atoms with Crippen LogP contribution in [0.15, 0.2) is 59.8 Å². The molecular formula is C23H29N3O4S. The summed E-state index contributed by atoms with van der Waals surface area (Å²) < 4.78 is 40.9. The molecule has 0 fully saturated rings. The monoisotopic (exact) mass is 443 g/mol. The van der Waals surface area contributed by atoms with Gasteiger partial charge in [0, 0.05) is 25.8 Å². The number of rotatable bonds is 10. The van der Waals surface area contributed by atoms with Crippen molar-refractivity contribution in [2.75, 3.05) is 14.2 Å². The number of aryl methyl sites for hydroxylation is 2. The molecule has 0 aliphatic carbocycles. The summed E-state index contributed by atoms with van der Waals surface area (Å²) in [6, 6.07) is 14.8. The number of ether oxygens (including phenoxy) is 2. The van der Waals surface area contributed by atoms with Crippen molar-refractivity contribution in [3.05, 3.63) is 71.7 Å². The first-order valence-electron chi connectivity index (χ1n) is 10.2. The molecule has 0 amide bonds. The van der Waals surface area contributed by atoms with Crippen LogP contribution in [0.1, 0.15) is 30.3 Å². The van der Waals surface area contributed by atoms with Gasteiger partial charge < -0.3 is 14.0 Å². The number of imidazole rings is 1. The third kappa shape index (κ3) is 5.45. The van der Waals surface area contributed by atoms with Crippen LogP contribution in [0.25, 0.3) is 0 Å². The Balaban J connectivity index is 1.95. The molecule has 3 aromatic rings. The molecule has 7 nitrogen and oxygen atoms in total. The molecule has 0 spiro atoms. The Labute approximate surface area is 184 Å². The van der Waals surface area contributed by atoms with E-state index in [4.69, 9.17) is 9.47 Å². The zero-order valence-corrected chi connectivity index (χ0v) is 19.2. The second-order valence-corrected chi connectivity index (χ2v) is 9.17. The first-order valence-corrected chi connectivity index (χ1v) is 11.6. The van der Waals surface area contributed by atoms with Gasteiger partial charge in [0.05, 0.1) is 14.2 Å². The van der Waals surface area contributed by atoms with Crippen LogP contribution in [0.4, 0.5) is 0 Å². The molecule has 1 aromatic heterocycles. The molecular weight excluding hydrogens is 414 g/mol. The van der Waals surface area contributed by atoms with Gasteiger partial charge in [0.1, 0.15) is 17.3 Å². The number of nitrogens with zero attached hydrogens (tertiary/aromatic N) is 3. The lowest BCUT2D eigenvalue weighted by molar-refractivity contribution is 0.396. The van der Waals surface area contributed by atoms with Crippen molar-refractivity contribution in [3.63, 3.8) is 0 Å². The number of aromatic nitrogens is 2. The molecule has 0 atom stereocenters. The van der Waals surface area contributed by atoms with Crippen molar-refractivity contribution >= 4 is 10.0 Å². The van der Waals surface area contributed by atoms with Crippen LogP contribution in [0.3, 0.4) is 0 Å². The zero-order chi connectivity index (χ0) is 22.4. The summed E-state index contributed by atoms with van der Waals surface area (Å²) in [6.45, 7) is 5.04. The van der Waals surface area contributed by atoms with Crippen LogP contribution in [0.5, 0.6) is 11.5 Å². The van der Waals surface area contributed by atoms with Gasteiger partial charge in [0.25, 0.3) is 10.0 Å². The molecule has 2 aromatic carbocycles. The van der Waals surface area contributed by atoms with Crippen LogP contribution in [0.2, 0.25) is 0 Å². The first kappa shape index (κ1) is 22.8. The maximum Gasteiger partial charge on any atom is 0.262 e. The van der Waals surface area contributed by atoms with E-state index >= 15 is 0 Å². The SMILES string of the molecule is CCCn1cc(S(=O)(=O)N(Cc2ccc(OC)cc2)Cc2ccc(OC)cc2)nc1C. The molecule has 166 valence electrons. The Bertz CT molecular complexity index is 1040. The number of hydrogen-bond acceptors (Lipinski definition) is 5. The summed E-state index contributed by atoms with van der Waals surface area (Å²) in [5.41, 5.74) is 1.73. The molecule has 0 saturated carbocycles. The summed E-state index contributed by atoms with van der Waals surface area (Å²) in [5.74, 6) is 2.14. The highest BCUT2D eigenvalue weighted by atomic mass is 32.2. The normalized spacial score (nSPS) is 11.6. The van der Waals surface area contributed by atoms with E-state index in [1.165, 1.54) is 4.31 Å². The Hall–Kier alpha value is -2.84. The van der Waals surface area contributed by atoms with Crippen LogP contribution in [0, 0.1) is 6.92 Å². The summed E-state index contributed by atoms with van der Waals surface area (Å²) in [5, 5.41) is 0.0699. The molecule has 0 radical (unpaired) electrons. The third-order valence-electron chi connectivity index (χ3n) is 5.06. The largest absolute Gasteiger partial charge is 0.497 e. The molecule has 3 rings (SSSR count). The van der Waals surface area contributed by atoms with Crippen LogP contribution < -0.4 is 9.47 Å². The topological polar surface area (TPSA) is 73.7 Å². The summed E-state index contributed by atoms with van der Waals surface area (Å²) in [6.07, 6.45) is 2.53. The number of methoxy groups -OCH3 is 2. The van der Waals surface area contributed by atoms with Crippen molar-refractivity contribution < 1.29 is 17.9 Å². The van der Waals surface area contributed by atoms with E-state index in [0.717, 1.165) is 35.6 Å². The maximum absolute atomic E-state index is 13.6. The zero-order valence-electron chi connectivity index (χ0n) is 18.4. The minimum Gasteiger partial charge on any atom is -0.497 e. The van der Waals surface area contributed by atoms with Gasteiger partial charge in [-0.05, 0) is 48.7 Å². The van der Waals surface area contributed by atoms with Crippen LogP contribution >= 0.6 is 0 Å². The summed E-state index contributed by atoms with van der Waals surface area (Å²) >= 11 is 0. The quantitative estimate of drug-likeness (QED) is 0.473. The lowest BCUT2D eigenvalue weighted by Crippen LogP contribution is -2.30. The fraction of sp³-hybridized carbons (Fsp3) is 0.348. The van der Waals surface area contributed by atoms with E-state index in [9.17, 15) is 8.42 Å². The van der Waals surface area contributed by atoms with Gasteiger partial charge in [-0.25, -0.2) is 13.4 Å². The van der Waals surface area contributed by atoms with Gasteiger partial charge in [0.15, 0.2) is 5.03 Å². The molecule has 0 N–H and O–H groups in total.